The lowest BCUT2D eigenvalue weighted by molar-refractivity contribution is -0.139. The Morgan fingerprint density at radius 2 is 1.00 bits per heavy atom. The van der Waals surface area contributed by atoms with Crippen molar-refractivity contribution in [2.75, 3.05) is 52.4 Å². The summed E-state index contributed by atoms with van der Waals surface area (Å²) >= 11 is 12.8. The number of halogens is 2. The fourth-order valence-corrected chi connectivity index (χ4v) is 8.38. The number of rotatable bonds is 4. The van der Waals surface area contributed by atoms with Gasteiger partial charge in [-0.1, -0.05) is 23.2 Å². The molecule has 8 heterocycles. The molecule has 0 unspecified atom stereocenters. The SMILES string of the molecule is O=C([C@@H]1Cc2cc(Cl)cc(-c3ccnc4cccnc34)c2O1)N1CCNCC1.O=C([C@H]1Cc2cc(Cl)cc(-c3ccnc4cccnc34)c2O1)N1CCNCC1. The minimum Gasteiger partial charge on any atom is -0.479 e. The first-order valence-electron chi connectivity index (χ1n) is 18.8. The molecule has 0 bridgehead atoms. The van der Waals surface area contributed by atoms with Gasteiger partial charge in [0.25, 0.3) is 11.8 Å². The Kier molecular flexibility index (Phi) is 10.1. The minimum atomic E-state index is -0.508. The molecular weight excluding hydrogens is 751 g/mol. The van der Waals surface area contributed by atoms with Crippen LogP contribution in [0.25, 0.3) is 44.3 Å². The molecule has 10 rings (SSSR count). The molecule has 4 aliphatic rings. The average Bonchev–Trinajstić information content (AvgIpc) is 3.88. The van der Waals surface area contributed by atoms with E-state index in [0.717, 1.165) is 93.1 Å². The standard InChI is InChI=1S/2C21H19ClN4O2/c2*22-14-10-13-11-18(21(27)26-8-6-23-7-9-26)28-20(13)16(12-14)15-3-5-24-17-2-1-4-25-19(15)17/h2*1-5,10,12,18,23H,6-9,11H2/t2*18-/m10/s1. The van der Waals surface area contributed by atoms with E-state index in [1.807, 2.05) is 70.5 Å². The Bertz CT molecular complexity index is 2290. The number of nitrogens with one attached hydrogen (secondary N) is 2. The Morgan fingerprint density at radius 1 is 0.571 bits per heavy atom. The first kappa shape index (κ1) is 36.3. The third-order valence-corrected chi connectivity index (χ3v) is 11.0. The number of hydrogen-bond acceptors (Lipinski definition) is 10. The second-order valence-corrected chi connectivity index (χ2v) is 15.0. The molecule has 4 aromatic heterocycles. The number of fused-ring (bicyclic) bond motifs is 4. The van der Waals surface area contributed by atoms with Crippen LogP contribution in [0.4, 0.5) is 0 Å². The third kappa shape index (κ3) is 7.09. The monoisotopic (exact) mass is 788 g/mol. The van der Waals surface area contributed by atoms with E-state index in [2.05, 4.69) is 30.6 Å². The summed E-state index contributed by atoms with van der Waals surface area (Å²) in [5, 5.41) is 7.77. The van der Waals surface area contributed by atoms with Crippen LogP contribution in [0.1, 0.15) is 11.1 Å². The number of hydrogen-bond donors (Lipinski definition) is 2. The van der Waals surface area contributed by atoms with Gasteiger partial charge in [0.15, 0.2) is 12.2 Å². The van der Waals surface area contributed by atoms with Crippen molar-refractivity contribution in [3.8, 4) is 33.8 Å². The summed E-state index contributed by atoms with van der Waals surface area (Å²) in [6, 6.07) is 18.9. The van der Waals surface area contributed by atoms with E-state index in [9.17, 15) is 9.59 Å². The van der Waals surface area contributed by atoms with Crippen molar-refractivity contribution in [1.29, 1.82) is 0 Å². The molecule has 0 aliphatic carbocycles. The van der Waals surface area contributed by atoms with Crippen LogP contribution in [-0.2, 0) is 22.4 Å². The number of nitrogens with zero attached hydrogens (tertiary/aromatic N) is 6. The molecule has 14 heteroatoms. The van der Waals surface area contributed by atoms with E-state index in [4.69, 9.17) is 32.7 Å². The molecular formula is C42H38Cl2N8O4. The largest absolute Gasteiger partial charge is 0.479 e. The second-order valence-electron chi connectivity index (χ2n) is 14.1. The van der Waals surface area contributed by atoms with E-state index in [-0.39, 0.29) is 11.8 Å². The van der Waals surface area contributed by atoms with Gasteiger partial charge in [0.1, 0.15) is 11.5 Å². The highest BCUT2D eigenvalue weighted by Crippen LogP contribution is 2.44. The summed E-state index contributed by atoms with van der Waals surface area (Å²) in [5.41, 5.74) is 8.60. The Morgan fingerprint density at radius 3 is 1.43 bits per heavy atom. The zero-order chi connectivity index (χ0) is 38.2. The minimum absolute atomic E-state index is 0.0393. The predicted molar refractivity (Wildman–Crippen MR) is 215 cm³/mol. The fraction of sp³-hybridized carbons (Fsp3) is 0.286. The highest BCUT2D eigenvalue weighted by Gasteiger charge is 2.36. The quantitative estimate of drug-likeness (QED) is 0.240. The molecule has 4 aliphatic heterocycles. The summed E-state index contributed by atoms with van der Waals surface area (Å²) in [6.45, 7) is 6.11. The van der Waals surface area contributed by atoms with Crippen LogP contribution >= 0.6 is 23.2 Å². The van der Waals surface area contributed by atoms with E-state index in [0.29, 0.717) is 49.1 Å². The van der Waals surface area contributed by atoms with Gasteiger partial charge in [-0.15, -0.1) is 0 Å². The van der Waals surface area contributed by atoms with Crippen LogP contribution in [0, 0.1) is 0 Å². The number of pyridine rings is 4. The molecule has 56 heavy (non-hydrogen) atoms. The van der Waals surface area contributed by atoms with Crippen LogP contribution < -0.4 is 20.1 Å². The lowest BCUT2D eigenvalue weighted by Crippen LogP contribution is -2.50. The molecule has 0 radical (unpaired) electrons. The van der Waals surface area contributed by atoms with Crippen molar-refractivity contribution < 1.29 is 19.1 Å². The Hall–Kier alpha value is -5.40. The molecule has 2 saturated heterocycles. The van der Waals surface area contributed by atoms with Crippen LogP contribution in [-0.4, -0.2) is 106 Å². The molecule has 6 aromatic rings. The molecule has 0 saturated carbocycles. The van der Waals surface area contributed by atoms with Crippen LogP contribution in [0.2, 0.25) is 10.0 Å². The van der Waals surface area contributed by atoms with Crippen molar-refractivity contribution in [2.45, 2.75) is 25.0 Å². The number of ether oxygens (including phenoxy) is 2. The summed E-state index contributed by atoms with van der Waals surface area (Å²) in [4.78, 5) is 47.4. The molecule has 2 fully saturated rings. The maximum atomic E-state index is 12.9. The molecule has 284 valence electrons. The van der Waals surface area contributed by atoms with E-state index in [1.54, 1.807) is 24.8 Å². The Balaban J connectivity index is 0.000000146. The molecule has 0 spiro atoms. The molecule has 2 N–H and O–H groups in total. The zero-order valence-electron chi connectivity index (χ0n) is 30.4. The number of piperazine rings is 2. The highest BCUT2D eigenvalue weighted by molar-refractivity contribution is 6.31. The average molecular weight is 790 g/mol. The topological polar surface area (TPSA) is 135 Å². The zero-order valence-corrected chi connectivity index (χ0v) is 31.9. The number of amides is 2. The van der Waals surface area contributed by atoms with Crippen molar-refractivity contribution >= 4 is 57.1 Å². The second kappa shape index (κ2) is 15.6. The van der Waals surface area contributed by atoms with Gasteiger partial charge in [-0.05, 0) is 60.7 Å². The van der Waals surface area contributed by atoms with Crippen molar-refractivity contribution in [3.05, 3.63) is 107 Å². The van der Waals surface area contributed by atoms with Crippen molar-refractivity contribution in [2.24, 2.45) is 0 Å². The normalized spacial score (nSPS) is 18.8. The van der Waals surface area contributed by atoms with Crippen LogP contribution in [0.15, 0.2) is 85.5 Å². The number of benzene rings is 2. The van der Waals surface area contributed by atoms with Gasteiger partial charge in [-0.25, -0.2) is 0 Å². The predicted octanol–water partition coefficient (Wildman–Crippen LogP) is 5.37. The maximum absolute atomic E-state index is 12.9. The highest BCUT2D eigenvalue weighted by atomic mass is 35.5. The summed E-state index contributed by atoms with van der Waals surface area (Å²) in [6.07, 6.45) is 7.05. The fourth-order valence-electron chi connectivity index (χ4n) is 7.90. The van der Waals surface area contributed by atoms with Gasteiger partial charge >= 0.3 is 0 Å². The summed E-state index contributed by atoms with van der Waals surface area (Å²) in [5.74, 6) is 1.52. The summed E-state index contributed by atoms with van der Waals surface area (Å²) in [7, 11) is 0. The molecule has 12 nitrogen and oxygen atoms in total. The van der Waals surface area contributed by atoms with Gasteiger partial charge < -0.3 is 29.9 Å². The van der Waals surface area contributed by atoms with Crippen molar-refractivity contribution in [3.63, 3.8) is 0 Å². The molecule has 2 atom stereocenters. The van der Waals surface area contributed by atoms with Crippen molar-refractivity contribution in [1.82, 2.24) is 40.4 Å². The van der Waals surface area contributed by atoms with E-state index in [1.165, 1.54) is 0 Å². The smallest absolute Gasteiger partial charge is 0.264 e. The first-order valence-corrected chi connectivity index (χ1v) is 19.5. The Labute approximate surface area is 333 Å². The van der Waals surface area contributed by atoms with Crippen LogP contribution in [0.5, 0.6) is 11.5 Å². The summed E-state index contributed by atoms with van der Waals surface area (Å²) < 4.78 is 12.4. The van der Waals surface area contributed by atoms with Gasteiger partial charge in [0, 0.05) is 133 Å². The van der Waals surface area contributed by atoms with E-state index >= 15 is 0 Å². The molecule has 2 amide bonds. The molecule has 2 aromatic carbocycles. The van der Waals surface area contributed by atoms with Crippen LogP contribution in [0.3, 0.4) is 0 Å². The lowest BCUT2D eigenvalue weighted by atomic mass is 9.99. The number of aromatic nitrogens is 4. The first-order chi connectivity index (χ1) is 27.4. The number of carbonyl (C=O) groups excluding carboxylic acids is 2. The van der Waals surface area contributed by atoms with Gasteiger partial charge in [0.05, 0.1) is 22.1 Å². The maximum Gasteiger partial charge on any atom is 0.264 e. The van der Waals surface area contributed by atoms with Gasteiger partial charge in [-0.2, -0.15) is 0 Å². The van der Waals surface area contributed by atoms with Gasteiger partial charge in [-0.3, -0.25) is 29.5 Å². The lowest BCUT2D eigenvalue weighted by Gasteiger charge is -2.29. The van der Waals surface area contributed by atoms with E-state index < -0.39 is 12.2 Å². The third-order valence-electron chi connectivity index (χ3n) is 10.6. The number of carbonyl (C=O) groups is 2. The van der Waals surface area contributed by atoms with Gasteiger partial charge in [0.2, 0.25) is 0 Å².